The maximum absolute atomic E-state index is 12.5. The van der Waals surface area contributed by atoms with Crippen LogP contribution in [0.3, 0.4) is 0 Å². The molecule has 0 saturated heterocycles. The van der Waals surface area contributed by atoms with E-state index in [-0.39, 0.29) is 11.5 Å². The minimum Gasteiger partial charge on any atom is -0.476 e. The van der Waals surface area contributed by atoms with Crippen LogP contribution >= 0.6 is 0 Å². The van der Waals surface area contributed by atoms with Gasteiger partial charge in [0.1, 0.15) is 0 Å². The number of carboxylic acid groups (broad SMARTS) is 1. The standard InChI is InChI=1S/C10H7F3N4O2/c11-10(12,13)5-2-1-3-6(4-5)17-8(14)7(9(18)19)15-16-17/h1-4H,14H2,(H,18,19). The number of rotatable bonds is 2. The first-order valence-corrected chi connectivity index (χ1v) is 4.93. The van der Waals surface area contributed by atoms with Crippen molar-refractivity contribution in [3.05, 3.63) is 35.5 Å². The molecule has 2 aromatic rings. The third-order valence-electron chi connectivity index (χ3n) is 2.33. The summed E-state index contributed by atoms with van der Waals surface area (Å²) in [6, 6.07) is 4.16. The van der Waals surface area contributed by atoms with Crippen LogP contribution in [0.4, 0.5) is 19.0 Å². The second-order valence-electron chi connectivity index (χ2n) is 3.59. The van der Waals surface area contributed by atoms with Gasteiger partial charge in [-0.3, -0.25) is 0 Å². The lowest BCUT2D eigenvalue weighted by molar-refractivity contribution is -0.137. The van der Waals surface area contributed by atoms with E-state index in [0.29, 0.717) is 0 Å². The number of aromatic nitrogens is 3. The average Bonchev–Trinajstić information content (AvgIpc) is 2.70. The van der Waals surface area contributed by atoms with Gasteiger partial charge in [-0.15, -0.1) is 5.10 Å². The molecule has 0 radical (unpaired) electrons. The van der Waals surface area contributed by atoms with Crippen molar-refractivity contribution in [3.8, 4) is 5.69 Å². The first-order chi connectivity index (χ1) is 8.80. The highest BCUT2D eigenvalue weighted by atomic mass is 19.4. The van der Waals surface area contributed by atoms with E-state index in [4.69, 9.17) is 10.8 Å². The monoisotopic (exact) mass is 272 g/mol. The zero-order valence-corrected chi connectivity index (χ0v) is 9.22. The second kappa shape index (κ2) is 4.26. The molecule has 0 amide bonds. The van der Waals surface area contributed by atoms with E-state index in [2.05, 4.69) is 10.3 Å². The molecule has 19 heavy (non-hydrogen) atoms. The summed E-state index contributed by atoms with van der Waals surface area (Å²) in [5.41, 5.74) is 4.04. The Morgan fingerprint density at radius 1 is 1.37 bits per heavy atom. The summed E-state index contributed by atoms with van der Waals surface area (Å²) in [7, 11) is 0. The summed E-state index contributed by atoms with van der Waals surface area (Å²) in [4.78, 5) is 10.7. The van der Waals surface area contributed by atoms with Crippen molar-refractivity contribution in [1.29, 1.82) is 0 Å². The van der Waals surface area contributed by atoms with Crippen molar-refractivity contribution >= 4 is 11.8 Å². The number of alkyl halides is 3. The fraction of sp³-hybridized carbons (Fsp3) is 0.100. The Morgan fingerprint density at radius 3 is 2.58 bits per heavy atom. The summed E-state index contributed by atoms with van der Waals surface area (Å²) in [6.45, 7) is 0. The van der Waals surface area contributed by atoms with Crippen molar-refractivity contribution in [2.24, 2.45) is 0 Å². The molecular weight excluding hydrogens is 265 g/mol. The number of halogens is 3. The van der Waals surface area contributed by atoms with Crippen LogP contribution in [0, 0.1) is 0 Å². The van der Waals surface area contributed by atoms with E-state index >= 15 is 0 Å². The maximum atomic E-state index is 12.5. The fourth-order valence-corrected chi connectivity index (χ4v) is 1.45. The Kier molecular flexibility index (Phi) is 2.89. The first-order valence-electron chi connectivity index (χ1n) is 4.93. The molecule has 0 spiro atoms. The highest BCUT2D eigenvalue weighted by molar-refractivity contribution is 5.90. The third-order valence-corrected chi connectivity index (χ3v) is 2.33. The largest absolute Gasteiger partial charge is 0.476 e. The lowest BCUT2D eigenvalue weighted by atomic mass is 10.2. The number of nitrogen functional groups attached to an aromatic ring is 1. The normalized spacial score (nSPS) is 11.5. The van der Waals surface area contributed by atoms with Crippen LogP contribution < -0.4 is 5.73 Å². The topological polar surface area (TPSA) is 94.0 Å². The highest BCUT2D eigenvalue weighted by Gasteiger charge is 2.31. The Hall–Kier alpha value is -2.58. The molecule has 6 nitrogen and oxygen atoms in total. The van der Waals surface area contributed by atoms with Gasteiger partial charge in [0, 0.05) is 0 Å². The van der Waals surface area contributed by atoms with E-state index in [0.717, 1.165) is 16.8 Å². The van der Waals surface area contributed by atoms with Gasteiger partial charge in [0.15, 0.2) is 5.82 Å². The van der Waals surface area contributed by atoms with Crippen LogP contribution in [0.25, 0.3) is 5.69 Å². The molecule has 1 heterocycles. The zero-order valence-electron chi connectivity index (χ0n) is 9.22. The zero-order chi connectivity index (χ0) is 14.2. The Bertz CT molecular complexity index is 636. The lowest BCUT2D eigenvalue weighted by Crippen LogP contribution is -2.09. The minimum atomic E-state index is -4.51. The molecule has 1 aromatic heterocycles. The van der Waals surface area contributed by atoms with Gasteiger partial charge in [0.05, 0.1) is 11.3 Å². The quantitative estimate of drug-likeness (QED) is 0.865. The molecule has 0 atom stereocenters. The molecule has 0 aliphatic rings. The van der Waals surface area contributed by atoms with E-state index in [1.807, 2.05) is 0 Å². The molecule has 0 fully saturated rings. The van der Waals surface area contributed by atoms with Crippen LogP contribution in [0.2, 0.25) is 0 Å². The number of anilines is 1. The van der Waals surface area contributed by atoms with Crippen molar-refractivity contribution in [3.63, 3.8) is 0 Å². The average molecular weight is 272 g/mol. The summed E-state index contributed by atoms with van der Waals surface area (Å²) < 4.78 is 38.5. The smallest absolute Gasteiger partial charge is 0.416 e. The molecule has 2 rings (SSSR count). The van der Waals surface area contributed by atoms with Crippen molar-refractivity contribution in [1.82, 2.24) is 15.0 Å². The first kappa shape index (κ1) is 12.9. The van der Waals surface area contributed by atoms with Gasteiger partial charge in [-0.05, 0) is 18.2 Å². The van der Waals surface area contributed by atoms with E-state index < -0.39 is 23.4 Å². The number of hydrogen-bond acceptors (Lipinski definition) is 4. The third kappa shape index (κ3) is 2.34. The highest BCUT2D eigenvalue weighted by Crippen LogP contribution is 2.30. The summed E-state index contributed by atoms with van der Waals surface area (Å²) in [5, 5.41) is 15.4. The number of hydrogen-bond donors (Lipinski definition) is 2. The van der Waals surface area contributed by atoms with Gasteiger partial charge >= 0.3 is 12.1 Å². The number of benzene rings is 1. The van der Waals surface area contributed by atoms with Crippen LogP contribution in [0.15, 0.2) is 24.3 Å². The SMILES string of the molecule is Nc1c(C(=O)O)nnn1-c1cccc(C(F)(F)F)c1. The van der Waals surface area contributed by atoms with Crippen molar-refractivity contribution < 1.29 is 23.1 Å². The van der Waals surface area contributed by atoms with Gasteiger partial charge < -0.3 is 10.8 Å². The van der Waals surface area contributed by atoms with Crippen molar-refractivity contribution in [2.45, 2.75) is 6.18 Å². The second-order valence-corrected chi connectivity index (χ2v) is 3.59. The number of nitrogens with zero attached hydrogens (tertiary/aromatic N) is 3. The molecular formula is C10H7F3N4O2. The van der Waals surface area contributed by atoms with Crippen LogP contribution in [-0.2, 0) is 6.18 Å². The predicted molar refractivity (Wildman–Crippen MR) is 57.7 cm³/mol. The molecule has 0 aliphatic carbocycles. The summed E-state index contributed by atoms with van der Waals surface area (Å²) >= 11 is 0. The van der Waals surface area contributed by atoms with Crippen molar-refractivity contribution in [2.75, 3.05) is 5.73 Å². The Morgan fingerprint density at radius 2 is 2.05 bits per heavy atom. The van der Waals surface area contributed by atoms with E-state index in [9.17, 15) is 18.0 Å². The minimum absolute atomic E-state index is 0.0210. The molecule has 3 N–H and O–H groups in total. The number of carboxylic acids is 1. The Labute approximate surface area is 104 Å². The number of nitrogens with two attached hydrogens (primary N) is 1. The maximum Gasteiger partial charge on any atom is 0.416 e. The number of aromatic carboxylic acids is 1. The Balaban J connectivity index is 2.51. The van der Waals surface area contributed by atoms with Gasteiger partial charge in [-0.2, -0.15) is 17.9 Å². The molecule has 9 heteroatoms. The molecule has 0 saturated carbocycles. The molecule has 0 aliphatic heterocycles. The summed E-state index contributed by atoms with van der Waals surface area (Å²) in [5.74, 6) is -1.75. The van der Waals surface area contributed by atoms with Crippen LogP contribution in [-0.4, -0.2) is 26.1 Å². The van der Waals surface area contributed by atoms with Gasteiger partial charge in [0.2, 0.25) is 5.69 Å². The van der Waals surface area contributed by atoms with Crippen LogP contribution in [0.1, 0.15) is 16.1 Å². The van der Waals surface area contributed by atoms with Gasteiger partial charge in [-0.1, -0.05) is 11.3 Å². The van der Waals surface area contributed by atoms with E-state index in [1.54, 1.807) is 0 Å². The molecule has 0 unspecified atom stereocenters. The lowest BCUT2D eigenvalue weighted by Gasteiger charge is -2.08. The molecule has 1 aromatic carbocycles. The van der Waals surface area contributed by atoms with Gasteiger partial charge in [0.25, 0.3) is 0 Å². The van der Waals surface area contributed by atoms with E-state index in [1.165, 1.54) is 12.1 Å². The number of carbonyl (C=O) groups is 1. The predicted octanol–water partition coefficient (Wildman–Crippen LogP) is 1.57. The van der Waals surface area contributed by atoms with Gasteiger partial charge in [-0.25, -0.2) is 4.79 Å². The molecule has 0 bridgehead atoms. The fourth-order valence-electron chi connectivity index (χ4n) is 1.45. The molecule has 100 valence electrons. The van der Waals surface area contributed by atoms with Crippen LogP contribution in [0.5, 0.6) is 0 Å². The summed E-state index contributed by atoms with van der Waals surface area (Å²) in [6.07, 6.45) is -4.51.